The Hall–Kier alpha value is -1.89. The SMILES string of the molecule is CCN(CC)CCCN=C(C)c1c(O)[nH]c(=O)[nH]c1=O. The van der Waals surface area contributed by atoms with E-state index in [0.29, 0.717) is 12.3 Å². The summed E-state index contributed by atoms with van der Waals surface area (Å²) in [4.78, 5) is 33.4. The molecule has 1 aromatic rings. The maximum absolute atomic E-state index is 11.6. The number of aliphatic imine (C=N–C) groups is 1. The molecule has 0 aliphatic heterocycles. The van der Waals surface area contributed by atoms with Crippen LogP contribution in [0.4, 0.5) is 0 Å². The second-order valence-electron chi connectivity index (χ2n) is 4.48. The molecule has 0 bridgehead atoms. The third kappa shape index (κ3) is 4.34. The van der Waals surface area contributed by atoms with Gasteiger partial charge in [0.15, 0.2) is 0 Å². The molecule has 0 spiro atoms. The molecule has 0 fully saturated rings. The van der Waals surface area contributed by atoms with Crippen molar-refractivity contribution in [3.05, 3.63) is 26.4 Å². The van der Waals surface area contributed by atoms with Crippen molar-refractivity contribution in [3.8, 4) is 5.88 Å². The Morgan fingerprint density at radius 3 is 2.45 bits per heavy atom. The van der Waals surface area contributed by atoms with E-state index < -0.39 is 17.1 Å². The average Bonchev–Trinajstić information content (AvgIpc) is 2.37. The van der Waals surface area contributed by atoms with Gasteiger partial charge in [0.25, 0.3) is 5.56 Å². The van der Waals surface area contributed by atoms with Crippen LogP contribution in [-0.2, 0) is 0 Å². The topological polar surface area (TPSA) is 102 Å². The number of aromatic amines is 2. The molecule has 0 aromatic carbocycles. The monoisotopic (exact) mass is 282 g/mol. The highest BCUT2D eigenvalue weighted by Crippen LogP contribution is 2.06. The largest absolute Gasteiger partial charge is 0.494 e. The molecule has 1 heterocycles. The van der Waals surface area contributed by atoms with Gasteiger partial charge in [0, 0.05) is 12.3 Å². The van der Waals surface area contributed by atoms with Gasteiger partial charge in [-0.15, -0.1) is 0 Å². The number of aromatic nitrogens is 2. The van der Waals surface area contributed by atoms with Gasteiger partial charge in [0.2, 0.25) is 5.88 Å². The molecular formula is C13H22N4O3. The molecule has 0 saturated carbocycles. The number of rotatable bonds is 7. The van der Waals surface area contributed by atoms with Gasteiger partial charge in [0.1, 0.15) is 5.56 Å². The van der Waals surface area contributed by atoms with E-state index in [0.717, 1.165) is 26.1 Å². The third-order valence-corrected chi connectivity index (χ3v) is 3.16. The second kappa shape index (κ2) is 7.64. The predicted octanol–water partition coefficient (Wildman–Crippen LogP) is 0.310. The summed E-state index contributed by atoms with van der Waals surface area (Å²) in [6, 6.07) is 0. The number of H-pyrrole nitrogens is 2. The zero-order valence-corrected chi connectivity index (χ0v) is 12.2. The van der Waals surface area contributed by atoms with Crippen molar-refractivity contribution in [1.29, 1.82) is 0 Å². The van der Waals surface area contributed by atoms with Crippen molar-refractivity contribution < 1.29 is 5.11 Å². The van der Waals surface area contributed by atoms with E-state index >= 15 is 0 Å². The Morgan fingerprint density at radius 1 is 1.25 bits per heavy atom. The van der Waals surface area contributed by atoms with Crippen molar-refractivity contribution in [2.24, 2.45) is 4.99 Å². The summed E-state index contributed by atoms with van der Waals surface area (Å²) in [5.41, 5.74) is -0.922. The fourth-order valence-electron chi connectivity index (χ4n) is 1.97. The molecule has 0 radical (unpaired) electrons. The lowest BCUT2D eigenvalue weighted by Gasteiger charge is -2.16. The maximum Gasteiger partial charge on any atom is 0.328 e. The molecule has 0 amide bonds. The highest BCUT2D eigenvalue weighted by Gasteiger charge is 2.11. The highest BCUT2D eigenvalue weighted by atomic mass is 16.3. The molecule has 1 aromatic heterocycles. The molecular weight excluding hydrogens is 260 g/mol. The Balaban J connectivity index is 2.71. The van der Waals surface area contributed by atoms with Crippen LogP contribution in [0.15, 0.2) is 14.6 Å². The first kappa shape index (κ1) is 16.2. The molecule has 0 aliphatic carbocycles. The fourth-order valence-corrected chi connectivity index (χ4v) is 1.97. The first-order chi connectivity index (χ1) is 9.49. The Labute approximate surface area is 117 Å². The zero-order chi connectivity index (χ0) is 15.1. The first-order valence-electron chi connectivity index (χ1n) is 6.78. The molecule has 1 rings (SSSR count). The van der Waals surface area contributed by atoms with Crippen LogP contribution in [0.25, 0.3) is 0 Å². The second-order valence-corrected chi connectivity index (χ2v) is 4.48. The van der Waals surface area contributed by atoms with Crippen LogP contribution in [0.1, 0.15) is 32.8 Å². The number of nitrogens with one attached hydrogen (secondary N) is 2. The van der Waals surface area contributed by atoms with Gasteiger partial charge in [-0.25, -0.2) is 4.79 Å². The first-order valence-corrected chi connectivity index (χ1v) is 6.78. The molecule has 0 unspecified atom stereocenters. The third-order valence-electron chi connectivity index (χ3n) is 3.16. The van der Waals surface area contributed by atoms with Crippen molar-refractivity contribution in [2.75, 3.05) is 26.2 Å². The minimum absolute atomic E-state index is 0.0208. The van der Waals surface area contributed by atoms with Crippen LogP contribution in [-0.4, -0.2) is 51.9 Å². The van der Waals surface area contributed by atoms with Gasteiger partial charge in [-0.05, 0) is 33.0 Å². The van der Waals surface area contributed by atoms with Gasteiger partial charge in [-0.1, -0.05) is 13.8 Å². The minimum atomic E-state index is -0.731. The summed E-state index contributed by atoms with van der Waals surface area (Å²) in [6.07, 6.45) is 0.876. The lowest BCUT2D eigenvalue weighted by atomic mass is 10.2. The van der Waals surface area contributed by atoms with Crippen LogP contribution in [0, 0.1) is 0 Å². The van der Waals surface area contributed by atoms with Gasteiger partial charge in [-0.3, -0.25) is 19.8 Å². The van der Waals surface area contributed by atoms with Crippen LogP contribution < -0.4 is 11.2 Å². The van der Waals surface area contributed by atoms with E-state index in [1.54, 1.807) is 6.92 Å². The number of hydrogen-bond donors (Lipinski definition) is 3. The molecule has 20 heavy (non-hydrogen) atoms. The molecule has 0 atom stereocenters. The number of hydrogen-bond acceptors (Lipinski definition) is 5. The number of aromatic hydroxyl groups is 1. The predicted molar refractivity (Wildman–Crippen MR) is 78.8 cm³/mol. The van der Waals surface area contributed by atoms with Gasteiger partial charge in [0.05, 0.1) is 0 Å². The Kier molecular flexibility index (Phi) is 6.17. The van der Waals surface area contributed by atoms with Crippen molar-refractivity contribution >= 4 is 5.71 Å². The number of nitrogens with zero attached hydrogens (tertiary/aromatic N) is 2. The van der Waals surface area contributed by atoms with E-state index in [9.17, 15) is 14.7 Å². The van der Waals surface area contributed by atoms with Crippen LogP contribution >= 0.6 is 0 Å². The molecule has 0 aliphatic rings. The van der Waals surface area contributed by atoms with E-state index in [2.05, 4.69) is 33.7 Å². The van der Waals surface area contributed by atoms with Crippen LogP contribution in [0.2, 0.25) is 0 Å². The Morgan fingerprint density at radius 2 is 1.90 bits per heavy atom. The van der Waals surface area contributed by atoms with Crippen molar-refractivity contribution in [2.45, 2.75) is 27.2 Å². The average molecular weight is 282 g/mol. The molecule has 112 valence electrons. The van der Waals surface area contributed by atoms with E-state index in [1.807, 2.05) is 0 Å². The normalized spacial score (nSPS) is 12.1. The summed E-state index contributed by atoms with van der Waals surface area (Å²) >= 11 is 0. The lowest BCUT2D eigenvalue weighted by molar-refractivity contribution is 0.302. The van der Waals surface area contributed by atoms with Crippen LogP contribution in [0.3, 0.4) is 0 Å². The minimum Gasteiger partial charge on any atom is -0.494 e. The summed E-state index contributed by atoms with van der Waals surface area (Å²) in [7, 11) is 0. The van der Waals surface area contributed by atoms with Crippen LogP contribution in [0.5, 0.6) is 5.88 Å². The van der Waals surface area contributed by atoms with Gasteiger partial charge >= 0.3 is 5.69 Å². The van der Waals surface area contributed by atoms with E-state index in [1.165, 1.54) is 0 Å². The van der Waals surface area contributed by atoms with E-state index in [-0.39, 0.29) is 5.56 Å². The molecule has 3 N–H and O–H groups in total. The van der Waals surface area contributed by atoms with E-state index in [4.69, 9.17) is 0 Å². The smallest absolute Gasteiger partial charge is 0.328 e. The molecule has 0 saturated heterocycles. The summed E-state index contributed by atoms with van der Waals surface area (Å²) in [5, 5.41) is 9.60. The van der Waals surface area contributed by atoms with Crippen molar-refractivity contribution in [3.63, 3.8) is 0 Å². The fraction of sp³-hybridized carbons (Fsp3) is 0.615. The van der Waals surface area contributed by atoms with Crippen molar-refractivity contribution in [1.82, 2.24) is 14.9 Å². The highest BCUT2D eigenvalue weighted by molar-refractivity contribution is 6.00. The van der Waals surface area contributed by atoms with Gasteiger partial charge in [-0.2, -0.15) is 0 Å². The summed E-state index contributed by atoms with van der Waals surface area (Å²) < 4.78 is 0. The quantitative estimate of drug-likeness (QED) is 0.495. The van der Waals surface area contributed by atoms with Gasteiger partial charge < -0.3 is 10.0 Å². The standard InChI is InChI=1S/C13H22N4O3/c1-4-17(5-2)8-6-7-14-9(3)10-11(18)15-13(20)16-12(10)19/h4-8H2,1-3H3,(H3,15,16,18,19,20). The maximum atomic E-state index is 11.6. The molecule has 7 nitrogen and oxygen atoms in total. The summed E-state index contributed by atoms with van der Waals surface area (Å²) in [6.45, 7) is 9.36. The Bertz CT molecular complexity index is 570. The summed E-state index contributed by atoms with van der Waals surface area (Å²) in [5.74, 6) is -0.441. The molecule has 7 heteroatoms. The lowest BCUT2D eigenvalue weighted by Crippen LogP contribution is -2.27. The zero-order valence-electron chi connectivity index (χ0n) is 12.2.